The van der Waals surface area contributed by atoms with Crippen molar-refractivity contribution in [2.45, 2.75) is 32.1 Å². The average molecular weight is 670 g/mol. The highest BCUT2D eigenvalue weighted by atomic mass is 19.1. The maximum Gasteiger partial charge on any atom is 0.236 e. The van der Waals surface area contributed by atoms with E-state index in [0.717, 1.165) is 18.4 Å². The number of ether oxygens (including phenoxy) is 1. The van der Waals surface area contributed by atoms with Gasteiger partial charge in [-0.1, -0.05) is 24.3 Å². The van der Waals surface area contributed by atoms with Gasteiger partial charge in [-0.3, -0.25) is 25.3 Å². The third kappa shape index (κ3) is 8.11. The second kappa shape index (κ2) is 15.8. The van der Waals surface area contributed by atoms with Crippen LogP contribution in [-0.2, 0) is 9.59 Å². The third-order valence-corrected chi connectivity index (χ3v) is 9.27. The van der Waals surface area contributed by atoms with Crippen molar-refractivity contribution >= 4 is 41.1 Å². The number of aliphatic imine (C=N–C) groups is 1. The van der Waals surface area contributed by atoms with Gasteiger partial charge in [0.1, 0.15) is 5.69 Å². The molecule has 3 heterocycles. The number of nitrogens with zero attached hydrogens (tertiary/aromatic N) is 5. The highest BCUT2D eigenvalue weighted by Crippen LogP contribution is 2.30. The van der Waals surface area contributed by atoms with Gasteiger partial charge in [0.05, 0.1) is 31.6 Å². The number of halogens is 1. The zero-order valence-electron chi connectivity index (χ0n) is 28.2. The molecule has 2 aliphatic heterocycles. The van der Waals surface area contributed by atoms with Crippen LogP contribution in [0.1, 0.15) is 54.5 Å². The summed E-state index contributed by atoms with van der Waals surface area (Å²) in [6, 6.07) is 15.5. The van der Waals surface area contributed by atoms with E-state index in [1.165, 1.54) is 31.1 Å². The number of pyridine rings is 1. The van der Waals surface area contributed by atoms with E-state index >= 15 is 0 Å². The van der Waals surface area contributed by atoms with Gasteiger partial charge in [-0.25, -0.2) is 14.4 Å². The Morgan fingerprint density at radius 2 is 1.84 bits per heavy atom. The zero-order valence-corrected chi connectivity index (χ0v) is 28.2. The molecule has 0 aliphatic carbocycles. The lowest BCUT2D eigenvalue weighted by Crippen LogP contribution is -2.44. The van der Waals surface area contributed by atoms with Crippen LogP contribution in [0.25, 0.3) is 0 Å². The van der Waals surface area contributed by atoms with E-state index in [-0.39, 0.29) is 58.6 Å². The van der Waals surface area contributed by atoms with Crippen molar-refractivity contribution in [3.05, 3.63) is 82.8 Å². The summed E-state index contributed by atoms with van der Waals surface area (Å²) in [7, 11) is 3.15. The summed E-state index contributed by atoms with van der Waals surface area (Å²) in [4.78, 5) is 40.8. The topological polar surface area (TPSA) is 164 Å². The quantitative estimate of drug-likeness (QED) is 0.137. The molecular formula is C36H44FN9O3. The summed E-state index contributed by atoms with van der Waals surface area (Å²) < 4.78 is 19.7. The smallest absolute Gasteiger partial charge is 0.236 e. The number of aromatic nitrogens is 1. The number of amides is 2. The number of nitrogen functional groups attached to an aromatic ring is 1. The van der Waals surface area contributed by atoms with E-state index in [0.29, 0.717) is 50.7 Å². The molecule has 5 N–H and O–H groups in total. The number of benzene rings is 2. The molecule has 12 nitrogen and oxygen atoms in total. The van der Waals surface area contributed by atoms with Gasteiger partial charge in [0.25, 0.3) is 0 Å². The Kier molecular flexibility index (Phi) is 11.3. The minimum absolute atomic E-state index is 0.0683. The Balaban J connectivity index is 1.15. The van der Waals surface area contributed by atoms with Crippen LogP contribution >= 0.6 is 0 Å². The van der Waals surface area contributed by atoms with Crippen LogP contribution < -0.4 is 20.7 Å². The molecule has 0 spiro atoms. The van der Waals surface area contributed by atoms with Crippen LogP contribution in [0, 0.1) is 22.6 Å². The Morgan fingerprint density at radius 3 is 2.51 bits per heavy atom. The Hall–Kier alpha value is -5.17. The molecule has 0 radical (unpaired) electrons. The van der Waals surface area contributed by atoms with E-state index in [2.05, 4.69) is 32.3 Å². The summed E-state index contributed by atoms with van der Waals surface area (Å²) in [5, 5.41) is 19.5. The molecule has 2 aliphatic rings. The SMILES string of the molecule is CCN(C(=O)[C@@H]1CCN(CC(=O)N2CCC(c3ccc(C(=N)/N=C\NC)cc3)CC2)C1)c1ccc(N)c(C(=N)c2nc(OC)ccc2F)c1. The number of carbonyl (C=O) groups is 2. The molecule has 2 saturated heterocycles. The highest BCUT2D eigenvalue weighted by Gasteiger charge is 2.34. The average Bonchev–Trinajstić information content (AvgIpc) is 3.60. The Morgan fingerprint density at radius 1 is 1.10 bits per heavy atom. The number of anilines is 2. The largest absolute Gasteiger partial charge is 0.481 e. The minimum atomic E-state index is -0.677. The van der Waals surface area contributed by atoms with E-state index < -0.39 is 5.82 Å². The molecule has 0 saturated carbocycles. The van der Waals surface area contributed by atoms with E-state index in [4.69, 9.17) is 21.3 Å². The van der Waals surface area contributed by atoms with Crippen LogP contribution in [0.4, 0.5) is 15.8 Å². The number of methoxy groups -OCH3 is 1. The predicted molar refractivity (Wildman–Crippen MR) is 189 cm³/mol. The first-order valence-corrected chi connectivity index (χ1v) is 16.5. The monoisotopic (exact) mass is 669 g/mol. The molecule has 2 aromatic carbocycles. The summed E-state index contributed by atoms with van der Waals surface area (Å²) in [6.45, 7) is 5.02. The standard InChI is InChI=1S/C36H44FN9O3/c1-4-46(27-9-11-30(38)28(19-27)33(39)34-29(37)10-12-31(43-34)49-3)36(48)26-13-16-44(20-26)21-32(47)45-17-14-24(15-18-45)23-5-7-25(8-6-23)35(40)42-22-41-2/h5-12,19,22,24,26,39H,4,13-18,20-21,38H2,1-3H3,(H2,40,41,42)/t26-/m1/s1. The summed E-state index contributed by atoms with van der Waals surface area (Å²) in [5.41, 5.74) is 8.84. The fourth-order valence-corrected chi connectivity index (χ4v) is 6.50. The highest BCUT2D eigenvalue weighted by molar-refractivity contribution is 6.13. The molecule has 1 aromatic heterocycles. The number of hydrogen-bond acceptors (Lipinski definition) is 8. The van der Waals surface area contributed by atoms with E-state index in [9.17, 15) is 14.0 Å². The molecule has 2 amide bonds. The first kappa shape index (κ1) is 35.1. The van der Waals surface area contributed by atoms with Crippen molar-refractivity contribution in [2.75, 3.05) is 64.1 Å². The predicted octanol–water partition coefficient (Wildman–Crippen LogP) is 3.88. The van der Waals surface area contributed by atoms with Crippen LogP contribution in [0.15, 0.2) is 59.6 Å². The second-order valence-corrected chi connectivity index (χ2v) is 12.3. The van der Waals surface area contributed by atoms with Crippen LogP contribution in [-0.4, -0.2) is 97.9 Å². The van der Waals surface area contributed by atoms with E-state index in [1.807, 2.05) is 24.0 Å². The molecule has 13 heteroatoms. The normalized spacial score (nSPS) is 16.9. The van der Waals surface area contributed by atoms with Gasteiger partial charge in [-0.15, -0.1) is 0 Å². The van der Waals surface area contributed by atoms with E-state index in [1.54, 1.807) is 30.1 Å². The molecule has 3 aromatic rings. The minimum Gasteiger partial charge on any atom is -0.481 e. The maximum absolute atomic E-state index is 14.6. The number of nitrogens with one attached hydrogen (secondary N) is 3. The van der Waals surface area contributed by atoms with Gasteiger partial charge < -0.3 is 25.6 Å². The molecule has 2 fully saturated rings. The Labute approximate surface area is 286 Å². The molecule has 0 unspecified atom stereocenters. The van der Waals surface area contributed by atoms with Crippen molar-refractivity contribution in [1.29, 1.82) is 10.8 Å². The van der Waals surface area contributed by atoms with Gasteiger partial charge in [0, 0.05) is 61.8 Å². The number of rotatable bonds is 11. The second-order valence-electron chi connectivity index (χ2n) is 12.3. The maximum atomic E-state index is 14.6. The molecule has 258 valence electrons. The van der Waals surface area contributed by atoms with Crippen LogP contribution in [0.5, 0.6) is 5.88 Å². The Bertz CT molecular complexity index is 1720. The number of likely N-dealkylation sites (tertiary alicyclic amines) is 2. The van der Waals surface area contributed by atoms with Gasteiger partial charge in [0.15, 0.2) is 11.7 Å². The van der Waals surface area contributed by atoms with Crippen LogP contribution in [0.2, 0.25) is 0 Å². The van der Waals surface area contributed by atoms with Crippen LogP contribution in [0.3, 0.4) is 0 Å². The van der Waals surface area contributed by atoms with Gasteiger partial charge in [-0.2, -0.15) is 0 Å². The number of nitrogens with two attached hydrogens (primary N) is 1. The van der Waals surface area contributed by atoms with Crippen molar-refractivity contribution < 1.29 is 18.7 Å². The molecule has 5 rings (SSSR count). The van der Waals surface area contributed by atoms with Gasteiger partial charge in [0.2, 0.25) is 17.7 Å². The molecular weight excluding hydrogens is 625 g/mol. The lowest BCUT2D eigenvalue weighted by molar-refractivity contribution is -0.133. The summed E-state index contributed by atoms with van der Waals surface area (Å²) in [6.07, 6.45) is 3.86. The van der Waals surface area contributed by atoms with Gasteiger partial charge in [-0.05, 0) is 68.5 Å². The first-order valence-electron chi connectivity index (χ1n) is 16.5. The van der Waals surface area contributed by atoms with Crippen molar-refractivity contribution in [1.82, 2.24) is 20.1 Å². The molecule has 49 heavy (non-hydrogen) atoms. The molecule has 1 atom stereocenters. The van der Waals surface area contributed by atoms with Gasteiger partial charge >= 0.3 is 0 Å². The van der Waals surface area contributed by atoms with Crippen molar-refractivity contribution in [3.63, 3.8) is 0 Å². The number of piperidine rings is 1. The van der Waals surface area contributed by atoms with Crippen molar-refractivity contribution in [3.8, 4) is 5.88 Å². The number of carbonyl (C=O) groups excluding carboxylic acids is 2. The number of amidine groups is 1. The first-order chi connectivity index (χ1) is 23.6. The number of hydrogen-bond donors (Lipinski definition) is 4. The third-order valence-electron chi connectivity index (χ3n) is 9.27. The summed E-state index contributed by atoms with van der Waals surface area (Å²) in [5.74, 6) is -0.233. The summed E-state index contributed by atoms with van der Waals surface area (Å²) >= 11 is 0. The fourth-order valence-electron chi connectivity index (χ4n) is 6.50. The lowest BCUT2D eigenvalue weighted by atomic mass is 9.89. The van der Waals surface area contributed by atoms with Crippen molar-refractivity contribution in [2.24, 2.45) is 10.9 Å². The zero-order chi connectivity index (χ0) is 35.1. The molecule has 0 bridgehead atoms. The fraction of sp³-hybridized carbons (Fsp3) is 0.389. The lowest BCUT2D eigenvalue weighted by Gasteiger charge is -2.33.